The highest BCUT2D eigenvalue weighted by Crippen LogP contribution is 2.22. The summed E-state index contributed by atoms with van der Waals surface area (Å²) in [5, 5.41) is 2.64. The number of sulfonamides is 2. The molecule has 8 nitrogen and oxygen atoms in total. The molecule has 0 bridgehead atoms. The number of rotatable bonds is 8. The van der Waals surface area contributed by atoms with E-state index in [1.165, 1.54) is 31.2 Å². The average Bonchev–Trinajstić information content (AvgIpc) is 2.75. The van der Waals surface area contributed by atoms with Gasteiger partial charge in [-0.15, -0.1) is 0 Å². The number of carbonyl (C=O) groups is 1. The zero-order chi connectivity index (χ0) is 24.2. The van der Waals surface area contributed by atoms with Gasteiger partial charge in [-0.05, 0) is 62.4 Å². The van der Waals surface area contributed by atoms with Crippen LogP contribution in [-0.4, -0.2) is 35.0 Å². The van der Waals surface area contributed by atoms with E-state index >= 15 is 0 Å². The lowest BCUT2D eigenvalue weighted by Crippen LogP contribution is -2.45. The molecule has 10 heteroatoms. The highest BCUT2D eigenvalue weighted by Gasteiger charge is 2.29. The molecule has 0 aromatic heterocycles. The zero-order valence-electron chi connectivity index (χ0n) is 18.4. The van der Waals surface area contributed by atoms with Crippen LogP contribution in [0, 0.1) is 6.92 Å². The van der Waals surface area contributed by atoms with Crippen LogP contribution < -0.4 is 14.3 Å². The van der Waals surface area contributed by atoms with Crippen LogP contribution in [-0.2, 0) is 24.8 Å². The second-order valence-electron chi connectivity index (χ2n) is 7.56. The third kappa shape index (κ3) is 6.11. The zero-order valence-corrected chi connectivity index (χ0v) is 20.0. The number of benzene rings is 3. The van der Waals surface area contributed by atoms with Crippen molar-refractivity contribution in [1.82, 2.24) is 0 Å². The van der Waals surface area contributed by atoms with Gasteiger partial charge in [-0.1, -0.05) is 35.9 Å². The summed E-state index contributed by atoms with van der Waals surface area (Å²) in [6.45, 7) is 3.38. The molecule has 0 saturated heterocycles. The molecule has 0 radical (unpaired) electrons. The average molecular weight is 488 g/mol. The van der Waals surface area contributed by atoms with E-state index in [4.69, 9.17) is 0 Å². The highest BCUT2D eigenvalue weighted by atomic mass is 32.2. The summed E-state index contributed by atoms with van der Waals surface area (Å²) >= 11 is 0. The molecule has 0 unspecified atom stereocenters. The molecule has 1 atom stereocenters. The van der Waals surface area contributed by atoms with Gasteiger partial charge in [-0.3, -0.25) is 13.8 Å². The second kappa shape index (κ2) is 9.63. The van der Waals surface area contributed by atoms with E-state index < -0.39 is 32.0 Å². The monoisotopic (exact) mass is 487 g/mol. The fourth-order valence-corrected chi connectivity index (χ4v) is 5.42. The van der Waals surface area contributed by atoms with Gasteiger partial charge >= 0.3 is 0 Å². The Morgan fingerprint density at radius 3 is 1.91 bits per heavy atom. The van der Waals surface area contributed by atoms with Gasteiger partial charge in [0.15, 0.2) is 0 Å². The number of anilines is 3. The quantitative estimate of drug-likeness (QED) is 0.504. The molecule has 0 aliphatic rings. The summed E-state index contributed by atoms with van der Waals surface area (Å²) in [5.74, 6) is -0.558. The van der Waals surface area contributed by atoms with Gasteiger partial charge in [-0.25, -0.2) is 16.8 Å². The van der Waals surface area contributed by atoms with Gasteiger partial charge in [0, 0.05) is 11.4 Å². The largest absolute Gasteiger partial charge is 0.324 e. The van der Waals surface area contributed by atoms with E-state index in [1.807, 2.05) is 6.92 Å². The summed E-state index contributed by atoms with van der Waals surface area (Å²) in [6.07, 6.45) is 1.03. The highest BCUT2D eigenvalue weighted by molar-refractivity contribution is 7.92. The maximum Gasteiger partial charge on any atom is 0.261 e. The molecular formula is C23H25N3O5S2. The molecule has 0 aliphatic carbocycles. The Hall–Kier alpha value is -3.37. The van der Waals surface area contributed by atoms with Gasteiger partial charge in [0.1, 0.15) is 6.04 Å². The Morgan fingerprint density at radius 2 is 1.36 bits per heavy atom. The van der Waals surface area contributed by atoms with Crippen LogP contribution in [0.25, 0.3) is 0 Å². The number of hydrogen-bond acceptors (Lipinski definition) is 5. The topological polar surface area (TPSA) is 113 Å². The Bertz CT molecular complexity index is 1320. The third-order valence-electron chi connectivity index (χ3n) is 4.84. The fourth-order valence-electron chi connectivity index (χ4n) is 3.18. The lowest BCUT2D eigenvalue weighted by atomic mass is 10.2. The van der Waals surface area contributed by atoms with Crippen molar-refractivity contribution in [3.8, 4) is 0 Å². The van der Waals surface area contributed by atoms with Crippen LogP contribution in [0.3, 0.4) is 0 Å². The van der Waals surface area contributed by atoms with Crippen molar-refractivity contribution in [2.75, 3.05) is 20.6 Å². The van der Waals surface area contributed by atoms with Crippen LogP contribution in [0.5, 0.6) is 0 Å². The molecule has 33 heavy (non-hydrogen) atoms. The van der Waals surface area contributed by atoms with E-state index in [1.54, 1.807) is 54.6 Å². The van der Waals surface area contributed by atoms with E-state index in [-0.39, 0.29) is 4.90 Å². The van der Waals surface area contributed by atoms with Gasteiger partial charge < -0.3 is 5.32 Å². The molecule has 3 aromatic carbocycles. The van der Waals surface area contributed by atoms with Crippen molar-refractivity contribution in [1.29, 1.82) is 0 Å². The maximum atomic E-state index is 12.8. The fraction of sp³-hybridized carbons (Fsp3) is 0.174. The molecule has 174 valence electrons. The minimum atomic E-state index is -3.81. The molecule has 3 aromatic rings. The van der Waals surface area contributed by atoms with Crippen molar-refractivity contribution in [2.45, 2.75) is 24.8 Å². The van der Waals surface area contributed by atoms with Gasteiger partial charge in [0.05, 0.1) is 16.8 Å². The molecule has 1 amide bonds. The Balaban J connectivity index is 1.74. The summed E-state index contributed by atoms with van der Waals surface area (Å²) in [6, 6.07) is 19.8. The van der Waals surface area contributed by atoms with Gasteiger partial charge in [0.25, 0.3) is 10.0 Å². The maximum absolute atomic E-state index is 12.8. The van der Waals surface area contributed by atoms with Crippen LogP contribution in [0.1, 0.15) is 12.5 Å². The molecule has 0 saturated carbocycles. The van der Waals surface area contributed by atoms with E-state index in [0.29, 0.717) is 17.1 Å². The first-order chi connectivity index (χ1) is 15.5. The standard InChI is InChI=1S/C23H25N3O5S2/c1-17-9-11-20(12-10-17)25-33(30,31)22-15-13-19(14-16-22)24-23(27)18(2)26(32(3,28)29)21-7-5-4-6-8-21/h4-16,18,25H,1-3H3,(H,24,27)/t18-/m1/s1. The molecule has 0 heterocycles. The summed E-state index contributed by atoms with van der Waals surface area (Å²) in [5.41, 5.74) is 2.15. The van der Waals surface area contributed by atoms with Gasteiger partial charge in [-0.2, -0.15) is 0 Å². The molecular weight excluding hydrogens is 462 g/mol. The number of para-hydroxylation sites is 1. The van der Waals surface area contributed by atoms with Gasteiger partial charge in [0.2, 0.25) is 15.9 Å². The Kier molecular flexibility index (Phi) is 7.09. The minimum Gasteiger partial charge on any atom is -0.324 e. The van der Waals surface area contributed by atoms with Crippen molar-refractivity contribution in [3.63, 3.8) is 0 Å². The second-order valence-corrected chi connectivity index (χ2v) is 11.1. The molecule has 3 rings (SSSR count). The van der Waals surface area contributed by atoms with Crippen LogP contribution in [0.2, 0.25) is 0 Å². The summed E-state index contributed by atoms with van der Waals surface area (Å²) < 4.78 is 53.4. The molecule has 0 spiro atoms. The number of hydrogen-bond donors (Lipinski definition) is 2. The first-order valence-corrected chi connectivity index (χ1v) is 13.4. The van der Waals surface area contributed by atoms with E-state index in [2.05, 4.69) is 10.0 Å². The van der Waals surface area contributed by atoms with Crippen LogP contribution >= 0.6 is 0 Å². The number of nitrogens with zero attached hydrogens (tertiary/aromatic N) is 1. The first kappa shape index (κ1) is 24.3. The molecule has 2 N–H and O–H groups in total. The predicted molar refractivity (Wildman–Crippen MR) is 130 cm³/mol. The van der Waals surface area contributed by atoms with Crippen LogP contribution in [0.4, 0.5) is 17.1 Å². The van der Waals surface area contributed by atoms with Crippen molar-refractivity contribution >= 4 is 43.0 Å². The van der Waals surface area contributed by atoms with E-state index in [9.17, 15) is 21.6 Å². The Morgan fingerprint density at radius 1 is 0.818 bits per heavy atom. The molecule has 0 fully saturated rings. The number of amides is 1. The van der Waals surface area contributed by atoms with Crippen molar-refractivity contribution in [2.24, 2.45) is 0 Å². The third-order valence-corrected chi connectivity index (χ3v) is 7.47. The van der Waals surface area contributed by atoms with E-state index in [0.717, 1.165) is 16.1 Å². The lowest BCUT2D eigenvalue weighted by Gasteiger charge is -2.28. The lowest BCUT2D eigenvalue weighted by molar-refractivity contribution is -0.116. The summed E-state index contributed by atoms with van der Waals surface area (Å²) in [7, 11) is -7.53. The minimum absolute atomic E-state index is 0.0242. The molecule has 0 aliphatic heterocycles. The Labute approximate surface area is 194 Å². The number of aryl methyl sites for hydroxylation is 1. The van der Waals surface area contributed by atoms with Crippen LogP contribution in [0.15, 0.2) is 83.8 Å². The number of nitrogens with one attached hydrogen (secondary N) is 2. The number of carbonyl (C=O) groups excluding carboxylic acids is 1. The smallest absolute Gasteiger partial charge is 0.261 e. The first-order valence-electron chi connectivity index (χ1n) is 10.0. The van der Waals surface area contributed by atoms with Crippen molar-refractivity contribution < 1.29 is 21.6 Å². The normalized spacial score (nSPS) is 12.6. The summed E-state index contributed by atoms with van der Waals surface area (Å²) in [4.78, 5) is 12.8. The SMILES string of the molecule is Cc1ccc(NS(=O)(=O)c2ccc(NC(=O)[C@@H](C)N(c3ccccc3)S(C)(=O)=O)cc2)cc1. The predicted octanol–water partition coefficient (Wildman–Crippen LogP) is 3.59. The van der Waals surface area contributed by atoms with Crippen molar-refractivity contribution in [3.05, 3.63) is 84.4 Å².